The van der Waals surface area contributed by atoms with E-state index in [1.54, 1.807) is 55.5 Å². The van der Waals surface area contributed by atoms with Crippen molar-refractivity contribution < 1.29 is 9.53 Å². The summed E-state index contributed by atoms with van der Waals surface area (Å²) in [4.78, 5) is 29.5. The van der Waals surface area contributed by atoms with Crippen LogP contribution in [0.5, 0.6) is 0 Å². The lowest BCUT2D eigenvalue weighted by Crippen LogP contribution is -2.14. The lowest BCUT2D eigenvalue weighted by molar-refractivity contribution is 0.156. The molecular weight excluding hydrogens is 282 g/mol. The minimum atomic E-state index is -0.447. The third-order valence-corrected chi connectivity index (χ3v) is 3.22. The van der Waals surface area contributed by atoms with Crippen molar-refractivity contribution in [2.45, 2.75) is 6.92 Å². The van der Waals surface area contributed by atoms with Gasteiger partial charge in [-0.05, 0) is 55.5 Å². The second-order valence-electron chi connectivity index (χ2n) is 4.71. The summed E-state index contributed by atoms with van der Waals surface area (Å²) in [6.07, 6.45) is -0.447. The van der Waals surface area contributed by atoms with Gasteiger partial charge in [0, 0.05) is 11.0 Å². The van der Waals surface area contributed by atoms with E-state index in [9.17, 15) is 9.59 Å². The third-order valence-electron chi connectivity index (χ3n) is 3.22. The molecule has 0 fully saturated rings. The second-order valence-corrected chi connectivity index (χ2v) is 4.71. The highest BCUT2D eigenvalue weighted by atomic mass is 16.5. The molecule has 0 radical (unpaired) electrons. The fourth-order valence-corrected chi connectivity index (χ4v) is 2.23. The second kappa shape index (κ2) is 5.77. The summed E-state index contributed by atoms with van der Waals surface area (Å²) >= 11 is 0. The van der Waals surface area contributed by atoms with Crippen molar-refractivity contribution in [1.82, 2.24) is 14.5 Å². The number of carbonyl (C=O) groups is 1. The van der Waals surface area contributed by atoms with Gasteiger partial charge in [0.2, 0.25) is 0 Å². The summed E-state index contributed by atoms with van der Waals surface area (Å²) in [5, 5.41) is 0. The van der Waals surface area contributed by atoms with Crippen LogP contribution in [0.3, 0.4) is 0 Å². The van der Waals surface area contributed by atoms with Crippen molar-refractivity contribution in [3.8, 4) is 0 Å². The Morgan fingerprint density at radius 1 is 0.955 bits per heavy atom. The molecular formula is C16H15N3O3. The van der Waals surface area contributed by atoms with Crippen LogP contribution >= 0.6 is 0 Å². The monoisotopic (exact) mass is 297 g/mol. The number of nitrogens with zero attached hydrogens (tertiary/aromatic N) is 1. The highest BCUT2D eigenvalue weighted by molar-refractivity contribution is 5.84. The molecule has 0 spiro atoms. The van der Waals surface area contributed by atoms with Gasteiger partial charge in [-0.1, -0.05) is 0 Å². The molecule has 112 valence electrons. The van der Waals surface area contributed by atoms with Crippen LogP contribution < -0.4 is 5.69 Å². The maximum absolute atomic E-state index is 12.3. The predicted molar refractivity (Wildman–Crippen MR) is 84.5 cm³/mol. The van der Waals surface area contributed by atoms with Crippen LogP contribution in [0.15, 0.2) is 53.3 Å². The molecule has 4 heterocycles. The Hall–Kier alpha value is -3.02. The minimum absolute atomic E-state index is 0.295. The molecule has 6 nitrogen and oxygen atoms in total. The SMILES string of the molecule is CCOC(=O)n1c2ccc(cc2)[nH]c(=O)[nH]c2ccc1cc2. The van der Waals surface area contributed by atoms with E-state index >= 15 is 0 Å². The van der Waals surface area contributed by atoms with E-state index in [-0.39, 0.29) is 5.69 Å². The van der Waals surface area contributed by atoms with Gasteiger partial charge in [0.1, 0.15) is 0 Å². The molecule has 4 aromatic heterocycles. The molecule has 6 rings (SSSR count). The molecule has 0 saturated carbocycles. The van der Waals surface area contributed by atoms with Crippen LogP contribution in [-0.4, -0.2) is 27.2 Å². The number of H-pyrrole nitrogens is 2. The number of aromatic nitrogens is 3. The molecule has 0 saturated heterocycles. The van der Waals surface area contributed by atoms with Gasteiger partial charge < -0.3 is 14.7 Å². The summed E-state index contributed by atoms with van der Waals surface area (Å²) in [5.74, 6) is 0. The number of ether oxygens (including phenoxy) is 1. The molecule has 0 aliphatic rings. The maximum Gasteiger partial charge on any atom is 0.418 e. The summed E-state index contributed by atoms with van der Waals surface area (Å²) in [6.45, 7) is 2.06. The van der Waals surface area contributed by atoms with Gasteiger partial charge in [0.25, 0.3) is 0 Å². The Balaban J connectivity index is 2.44. The first kappa shape index (κ1) is 13.9. The van der Waals surface area contributed by atoms with Gasteiger partial charge in [-0.25, -0.2) is 14.2 Å². The summed E-state index contributed by atoms with van der Waals surface area (Å²) in [7, 11) is 0. The predicted octanol–water partition coefficient (Wildman–Crippen LogP) is 2.94. The van der Waals surface area contributed by atoms with E-state index in [4.69, 9.17) is 4.74 Å². The van der Waals surface area contributed by atoms with Gasteiger partial charge in [0.15, 0.2) is 0 Å². The Labute approximate surface area is 125 Å². The van der Waals surface area contributed by atoms with Gasteiger partial charge >= 0.3 is 11.8 Å². The summed E-state index contributed by atoms with van der Waals surface area (Å²) in [5.41, 5.74) is 2.29. The van der Waals surface area contributed by atoms with E-state index in [0.717, 1.165) is 0 Å². The number of rotatable bonds is 1. The number of carbonyl (C=O) groups excluding carboxylic acids is 1. The fourth-order valence-electron chi connectivity index (χ4n) is 2.23. The van der Waals surface area contributed by atoms with E-state index in [2.05, 4.69) is 9.97 Å². The molecule has 6 heteroatoms. The Morgan fingerprint density at radius 3 is 1.82 bits per heavy atom. The number of nitrogens with one attached hydrogen (secondary N) is 2. The van der Waals surface area contributed by atoms with E-state index in [0.29, 0.717) is 28.7 Å². The first-order chi connectivity index (χ1) is 10.7. The van der Waals surface area contributed by atoms with Crippen molar-refractivity contribution >= 4 is 28.2 Å². The standard InChI is InChI=1S/C16H15N3O3/c1-2-22-16(21)19-13-7-3-11(4-8-13)17-15(20)18-12-5-9-14(19)10-6-12/h3-10H,2H2,1H3,(H2,17,18,20). The largest absolute Gasteiger partial charge is 0.449 e. The first-order valence-electron chi connectivity index (χ1n) is 6.92. The zero-order valence-electron chi connectivity index (χ0n) is 12.0. The van der Waals surface area contributed by atoms with Crippen LogP contribution in [0.25, 0.3) is 22.1 Å². The van der Waals surface area contributed by atoms with Crippen LogP contribution in [-0.2, 0) is 4.74 Å². The highest BCUT2D eigenvalue weighted by Gasteiger charge is 2.07. The van der Waals surface area contributed by atoms with Crippen molar-refractivity contribution in [1.29, 1.82) is 0 Å². The smallest absolute Gasteiger partial charge is 0.418 e. The molecule has 0 aliphatic carbocycles. The number of hydrogen-bond donors (Lipinski definition) is 2. The van der Waals surface area contributed by atoms with Gasteiger partial charge in [-0.2, -0.15) is 0 Å². The Bertz CT molecular complexity index is 842. The normalized spacial score (nSPS) is 10.6. The van der Waals surface area contributed by atoms with E-state index in [1.807, 2.05) is 0 Å². The van der Waals surface area contributed by atoms with Crippen molar-refractivity contribution in [2.24, 2.45) is 0 Å². The van der Waals surface area contributed by atoms with Crippen LogP contribution in [0.4, 0.5) is 4.79 Å². The Morgan fingerprint density at radius 2 is 1.41 bits per heavy atom. The lowest BCUT2D eigenvalue weighted by atomic mass is 10.3. The van der Waals surface area contributed by atoms with Gasteiger partial charge in [-0.15, -0.1) is 0 Å². The van der Waals surface area contributed by atoms with Crippen molar-refractivity contribution in [3.63, 3.8) is 0 Å². The molecule has 0 atom stereocenters. The van der Waals surface area contributed by atoms with Crippen molar-refractivity contribution in [3.05, 3.63) is 59.0 Å². The molecule has 0 amide bonds. The highest BCUT2D eigenvalue weighted by Crippen LogP contribution is 2.11. The van der Waals surface area contributed by atoms with E-state index in [1.165, 1.54) is 4.57 Å². The molecule has 0 aliphatic heterocycles. The summed E-state index contributed by atoms with van der Waals surface area (Å²) < 4.78 is 6.62. The Kier molecular flexibility index (Phi) is 3.65. The fraction of sp³-hybridized carbons (Fsp3) is 0.125. The maximum atomic E-state index is 12.3. The van der Waals surface area contributed by atoms with E-state index < -0.39 is 6.09 Å². The van der Waals surface area contributed by atoms with Gasteiger partial charge in [0.05, 0.1) is 17.6 Å². The average molecular weight is 297 g/mol. The zero-order chi connectivity index (χ0) is 15.5. The molecule has 2 aromatic carbocycles. The topological polar surface area (TPSA) is 79.9 Å². The quantitative estimate of drug-likeness (QED) is 0.724. The molecule has 22 heavy (non-hydrogen) atoms. The third kappa shape index (κ3) is 2.71. The minimum Gasteiger partial charge on any atom is -0.449 e. The van der Waals surface area contributed by atoms with Crippen LogP contribution in [0.2, 0.25) is 0 Å². The number of benzene rings is 2. The lowest BCUT2D eigenvalue weighted by Gasteiger charge is -2.09. The average Bonchev–Trinajstić information content (AvgIpc) is 2.49. The molecule has 2 N–H and O–H groups in total. The van der Waals surface area contributed by atoms with Crippen LogP contribution in [0, 0.1) is 0 Å². The van der Waals surface area contributed by atoms with Gasteiger partial charge in [-0.3, -0.25) is 0 Å². The zero-order valence-corrected chi connectivity index (χ0v) is 12.0. The molecule has 6 aromatic rings. The van der Waals surface area contributed by atoms with Crippen LogP contribution in [0.1, 0.15) is 6.92 Å². The van der Waals surface area contributed by atoms with Crippen molar-refractivity contribution in [2.75, 3.05) is 6.61 Å². The first-order valence-corrected chi connectivity index (χ1v) is 6.92. The molecule has 0 unspecified atom stereocenters. The number of aromatic amines is 2. The molecule has 4 bridgehead atoms. The summed E-state index contributed by atoms with van der Waals surface area (Å²) in [6, 6.07) is 13.9. The number of hydrogen-bond acceptors (Lipinski definition) is 3.